The number of carbonyl (C=O) groups excluding carboxylic acids is 1. The highest BCUT2D eigenvalue weighted by Crippen LogP contribution is 2.30. The lowest BCUT2D eigenvalue weighted by molar-refractivity contribution is -0.335. The Balaban J connectivity index is 1.36. The maximum atomic E-state index is 12.2. The number of nitrogens with one attached hydrogen (secondary N) is 1. The Bertz CT molecular complexity index is 1030. The topological polar surface area (TPSA) is 302 Å². The van der Waals surface area contributed by atoms with Crippen molar-refractivity contribution < 1.29 is 83.9 Å². The fourth-order valence-electron chi connectivity index (χ4n) is 5.84. The minimum Gasteiger partial charge on any atom is -0.394 e. The SMILES string of the molecule is CO[C@H]1O[C@H](CO[C@H]2O[C@H](CO)[C@@H](O)[C@H](O)[C@H]2OCCCSCCNC(=O)CCSC2OC(CO)C(O)C(O)C2O)[C@@H](O)[C@H](O)[C@H]1OCCCSCCN. The van der Waals surface area contributed by atoms with Gasteiger partial charge in [-0.25, -0.2) is 0 Å². The molecule has 3 heterocycles. The van der Waals surface area contributed by atoms with Gasteiger partial charge < -0.3 is 90.2 Å². The zero-order valence-electron chi connectivity index (χ0n) is 30.4. The number of hydrogen-bond donors (Lipinski definition) is 11. The number of ether oxygens (including phenoxy) is 7. The Hall–Kier alpha value is -0.160. The van der Waals surface area contributed by atoms with Gasteiger partial charge in [0, 0.05) is 57.1 Å². The fourth-order valence-corrected chi connectivity index (χ4v) is 8.42. The molecule has 0 aromatic carbocycles. The number of rotatable bonds is 25. The molecule has 3 saturated heterocycles. The zero-order chi connectivity index (χ0) is 39.6. The first kappa shape index (κ1) is 48.2. The summed E-state index contributed by atoms with van der Waals surface area (Å²) in [5, 5.41) is 94.6. The lowest BCUT2D eigenvalue weighted by Gasteiger charge is -2.44. The highest BCUT2D eigenvalue weighted by molar-refractivity contribution is 8.00. The summed E-state index contributed by atoms with van der Waals surface area (Å²) < 4.78 is 39.8. The molecule has 3 rings (SSSR count). The second kappa shape index (κ2) is 26.0. The molecule has 0 aromatic rings. The van der Waals surface area contributed by atoms with Gasteiger partial charge in [-0.15, -0.1) is 11.8 Å². The molecule has 0 bridgehead atoms. The van der Waals surface area contributed by atoms with Gasteiger partial charge in [0.2, 0.25) is 5.91 Å². The quantitative estimate of drug-likeness (QED) is 0.0387. The van der Waals surface area contributed by atoms with Crippen LogP contribution in [0.3, 0.4) is 0 Å². The van der Waals surface area contributed by atoms with Gasteiger partial charge in [-0.3, -0.25) is 4.79 Å². The molecule has 19 nitrogen and oxygen atoms in total. The summed E-state index contributed by atoms with van der Waals surface area (Å²) in [6.45, 7) is -0.0217. The molecule has 5 unspecified atom stereocenters. The number of carbonyl (C=O) groups is 1. The lowest BCUT2D eigenvalue weighted by Crippen LogP contribution is -2.62. The molecule has 12 N–H and O–H groups in total. The third kappa shape index (κ3) is 14.6. The van der Waals surface area contributed by atoms with Gasteiger partial charge in [0.05, 0.1) is 19.8 Å². The molecule has 54 heavy (non-hydrogen) atoms. The van der Waals surface area contributed by atoms with E-state index in [0.717, 1.165) is 23.3 Å². The van der Waals surface area contributed by atoms with Crippen LogP contribution in [0.1, 0.15) is 19.3 Å². The summed E-state index contributed by atoms with van der Waals surface area (Å²) in [5.41, 5.74) is 4.60. The highest BCUT2D eigenvalue weighted by atomic mass is 32.2. The molecule has 318 valence electrons. The first-order valence-electron chi connectivity index (χ1n) is 18.0. The van der Waals surface area contributed by atoms with Gasteiger partial charge in [0.15, 0.2) is 12.6 Å². The summed E-state index contributed by atoms with van der Waals surface area (Å²) in [7, 11) is 1.38. The number of aliphatic hydroxyl groups excluding tert-OH is 9. The molecule has 0 aromatic heterocycles. The minimum atomic E-state index is -1.47. The normalized spacial score (nSPS) is 37.4. The Morgan fingerprint density at radius 2 is 1.22 bits per heavy atom. The third-order valence-corrected chi connectivity index (χ3v) is 12.2. The molecular weight excluding hydrogens is 781 g/mol. The zero-order valence-corrected chi connectivity index (χ0v) is 32.8. The van der Waals surface area contributed by atoms with Crippen LogP contribution in [0.2, 0.25) is 0 Å². The Kier molecular flexibility index (Phi) is 23.3. The highest BCUT2D eigenvalue weighted by Gasteiger charge is 2.49. The van der Waals surface area contributed by atoms with E-state index in [0.29, 0.717) is 44.0 Å². The Labute approximate surface area is 327 Å². The maximum absolute atomic E-state index is 12.2. The van der Waals surface area contributed by atoms with Gasteiger partial charge in [-0.1, -0.05) is 0 Å². The molecule has 15 atom stereocenters. The van der Waals surface area contributed by atoms with Crippen LogP contribution in [0.25, 0.3) is 0 Å². The van der Waals surface area contributed by atoms with Crippen LogP contribution in [-0.2, 0) is 38.0 Å². The smallest absolute Gasteiger partial charge is 0.220 e. The Morgan fingerprint density at radius 1 is 0.667 bits per heavy atom. The predicted molar refractivity (Wildman–Crippen MR) is 198 cm³/mol. The van der Waals surface area contributed by atoms with E-state index in [1.807, 2.05) is 0 Å². The van der Waals surface area contributed by atoms with Gasteiger partial charge in [0.1, 0.15) is 78.7 Å². The van der Waals surface area contributed by atoms with E-state index in [4.69, 9.17) is 38.9 Å². The van der Waals surface area contributed by atoms with Crippen molar-refractivity contribution in [3.63, 3.8) is 0 Å². The van der Waals surface area contributed by atoms with Crippen molar-refractivity contribution in [1.29, 1.82) is 0 Å². The van der Waals surface area contributed by atoms with E-state index in [9.17, 15) is 50.8 Å². The monoisotopic (exact) mass is 840 g/mol. The largest absolute Gasteiger partial charge is 0.394 e. The van der Waals surface area contributed by atoms with Crippen LogP contribution in [-0.4, -0.2) is 225 Å². The van der Waals surface area contributed by atoms with Crippen molar-refractivity contribution in [2.75, 3.05) is 82.0 Å². The standard InChI is InChI=1S/C32H60N2O17S3/c1-45-30-28(46-7-2-9-52-12-5-33)26(43)23(40)19(50-30)16-48-31-29(25(42)22(39)17(14-35)49-31)47-8-3-10-53-13-6-34-20(37)4-11-54-32-27(44)24(41)21(38)18(15-36)51-32/h17-19,21-32,35-36,38-44H,2-16,33H2,1H3,(H,34,37)/t17-,18?,19-,21?,22-,23-,24?,25+,26+,27?,28-,29-,30+,31+,32?/m1/s1. The van der Waals surface area contributed by atoms with Crippen LogP contribution in [0.4, 0.5) is 0 Å². The molecule has 0 radical (unpaired) electrons. The number of nitrogens with two attached hydrogens (primary N) is 1. The third-order valence-electron chi connectivity index (χ3n) is 8.90. The second-order valence-electron chi connectivity index (χ2n) is 12.9. The van der Waals surface area contributed by atoms with E-state index >= 15 is 0 Å². The molecule has 0 aliphatic carbocycles. The van der Waals surface area contributed by atoms with E-state index < -0.39 is 104 Å². The number of amides is 1. The minimum absolute atomic E-state index is 0.125. The van der Waals surface area contributed by atoms with Crippen molar-refractivity contribution in [2.24, 2.45) is 5.73 Å². The van der Waals surface area contributed by atoms with Gasteiger partial charge in [0.25, 0.3) is 0 Å². The second-order valence-corrected chi connectivity index (χ2v) is 16.5. The van der Waals surface area contributed by atoms with Gasteiger partial charge >= 0.3 is 0 Å². The van der Waals surface area contributed by atoms with Crippen LogP contribution in [0, 0.1) is 0 Å². The number of methoxy groups -OCH3 is 1. The predicted octanol–water partition coefficient (Wildman–Crippen LogP) is -4.45. The summed E-state index contributed by atoms with van der Waals surface area (Å²) in [6, 6.07) is 0. The fraction of sp³-hybridized carbons (Fsp3) is 0.969. The molecule has 3 fully saturated rings. The van der Waals surface area contributed by atoms with E-state index in [1.54, 1.807) is 23.5 Å². The number of aliphatic hydroxyl groups is 9. The van der Waals surface area contributed by atoms with Crippen molar-refractivity contribution in [1.82, 2.24) is 5.32 Å². The molecule has 0 saturated carbocycles. The number of thioether (sulfide) groups is 3. The van der Waals surface area contributed by atoms with E-state index in [1.165, 1.54) is 7.11 Å². The molecule has 0 spiro atoms. The molecule has 3 aliphatic heterocycles. The van der Waals surface area contributed by atoms with Gasteiger partial charge in [-0.05, 0) is 24.3 Å². The van der Waals surface area contributed by atoms with Crippen LogP contribution in [0.5, 0.6) is 0 Å². The molecule has 3 aliphatic rings. The van der Waals surface area contributed by atoms with Crippen molar-refractivity contribution in [2.45, 2.75) is 111 Å². The van der Waals surface area contributed by atoms with Crippen LogP contribution < -0.4 is 11.1 Å². The van der Waals surface area contributed by atoms with E-state index in [-0.39, 0.29) is 31.3 Å². The van der Waals surface area contributed by atoms with Gasteiger partial charge in [-0.2, -0.15) is 23.5 Å². The molecule has 22 heteroatoms. The summed E-state index contributed by atoms with van der Waals surface area (Å²) in [5.74, 6) is 2.94. The first-order valence-corrected chi connectivity index (χ1v) is 21.4. The van der Waals surface area contributed by atoms with Crippen molar-refractivity contribution >= 4 is 41.2 Å². The average molecular weight is 841 g/mol. The Morgan fingerprint density at radius 3 is 1.83 bits per heavy atom. The number of hydrogen-bond acceptors (Lipinski definition) is 21. The first-order chi connectivity index (χ1) is 26.0. The summed E-state index contributed by atoms with van der Waals surface area (Å²) in [6.07, 6.45) is -16.3. The van der Waals surface area contributed by atoms with Crippen LogP contribution in [0.15, 0.2) is 0 Å². The molecular formula is C32H60N2O17S3. The van der Waals surface area contributed by atoms with Crippen molar-refractivity contribution in [3.8, 4) is 0 Å². The summed E-state index contributed by atoms with van der Waals surface area (Å²) >= 11 is 4.33. The molecule has 1 amide bonds. The average Bonchev–Trinajstić information content (AvgIpc) is 3.17. The van der Waals surface area contributed by atoms with E-state index in [2.05, 4.69) is 5.32 Å². The summed E-state index contributed by atoms with van der Waals surface area (Å²) in [4.78, 5) is 12.2. The van der Waals surface area contributed by atoms with Crippen molar-refractivity contribution in [3.05, 3.63) is 0 Å². The van der Waals surface area contributed by atoms with Crippen LogP contribution >= 0.6 is 35.3 Å². The maximum Gasteiger partial charge on any atom is 0.220 e. The lowest BCUT2D eigenvalue weighted by atomic mass is 9.98.